The SMILES string of the molecule is CC(Nc1cc(Br)ccc1F)c1ccco1. The number of nitrogens with one attached hydrogen (secondary N) is 1. The topological polar surface area (TPSA) is 25.2 Å². The Morgan fingerprint density at radius 2 is 2.19 bits per heavy atom. The molecule has 0 spiro atoms. The van der Waals surface area contributed by atoms with Gasteiger partial charge in [0.1, 0.15) is 11.6 Å². The molecule has 1 atom stereocenters. The van der Waals surface area contributed by atoms with Gasteiger partial charge >= 0.3 is 0 Å². The Morgan fingerprint density at radius 3 is 2.88 bits per heavy atom. The number of hydrogen-bond donors (Lipinski definition) is 1. The molecule has 0 bridgehead atoms. The molecule has 2 aromatic rings. The molecule has 0 aliphatic heterocycles. The molecule has 2 rings (SSSR count). The summed E-state index contributed by atoms with van der Waals surface area (Å²) in [6.07, 6.45) is 1.60. The highest BCUT2D eigenvalue weighted by Crippen LogP contribution is 2.24. The number of furan rings is 1. The summed E-state index contributed by atoms with van der Waals surface area (Å²) in [5.41, 5.74) is 0.457. The van der Waals surface area contributed by atoms with Crippen molar-refractivity contribution in [1.29, 1.82) is 0 Å². The quantitative estimate of drug-likeness (QED) is 0.906. The van der Waals surface area contributed by atoms with Crippen LogP contribution in [-0.2, 0) is 0 Å². The molecule has 1 N–H and O–H groups in total. The molecular formula is C12H11BrFNO. The zero-order valence-electron chi connectivity index (χ0n) is 8.71. The first-order chi connectivity index (χ1) is 7.66. The van der Waals surface area contributed by atoms with E-state index >= 15 is 0 Å². The van der Waals surface area contributed by atoms with E-state index < -0.39 is 0 Å². The lowest BCUT2D eigenvalue weighted by Gasteiger charge is -2.13. The Bertz CT molecular complexity index is 470. The Morgan fingerprint density at radius 1 is 1.38 bits per heavy atom. The maximum Gasteiger partial charge on any atom is 0.146 e. The van der Waals surface area contributed by atoms with E-state index in [0.717, 1.165) is 10.2 Å². The molecule has 16 heavy (non-hydrogen) atoms. The van der Waals surface area contributed by atoms with Crippen LogP contribution in [-0.4, -0.2) is 0 Å². The van der Waals surface area contributed by atoms with Crippen molar-refractivity contribution in [1.82, 2.24) is 0 Å². The number of halogens is 2. The van der Waals surface area contributed by atoms with Gasteiger partial charge in [-0.1, -0.05) is 15.9 Å². The third-order valence-corrected chi connectivity index (χ3v) is 2.76. The average molecular weight is 284 g/mol. The highest BCUT2D eigenvalue weighted by Gasteiger charge is 2.10. The second kappa shape index (κ2) is 4.70. The summed E-state index contributed by atoms with van der Waals surface area (Å²) in [5.74, 6) is 0.501. The largest absolute Gasteiger partial charge is 0.467 e. The Labute approximate surface area is 102 Å². The molecule has 1 aromatic carbocycles. The molecule has 0 aliphatic rings. The van der Waals surface area contributed by atoms with Crippen LogP contribution in [0, 0.1) is 5.82 Å². The molecule has 84 valence electrons. The normalized spacial score (nSPS) is 12.4. The Kier molecular flexibility index (Phi) is 3.29. The number of rotatable bonds is 3. The van der Waals surface area contributed by atoms with Gasteiger partial charge in [-0.15, -0.1) is 0 Å². The van der Waals surface area contributed by atoms with Crippen LogP contribution in [0.2, 0.25) is 0 Å². The van der Waals surface area contributed by atoms with Crippen LogP contribution in [0.1, 0.15) is 18.7 Å². The van der Waals surface area contributed by atoms with E-state index in [1.54, 1.807) is 18.4 Å². The first-order valence-electron chi connectivity index (χ1n) is 4.92. The fraction of sp³-hybridized carbons (Fsp3) is 0.167. The minimum atomic E-state index is -0.276. The summed E-state index contributed by atoms with van der Waals surface area (Å²) in [5, 5.41) is 3.05. The van der Waals surface area contributed by atoms with Crippen molar-refractivity contribution in [2.45, 2.75) is 13.0 Å². The van der Waals surface area contributed by atoms with Crippen LogP contribution in [0.15, 0.2) is 45.5 Å². The summed E-state index contributed by atoms with van der Waals surface area (Å²) in [6.45, 7) is 1.92. The number of benzene rings is 1. The van der Waals surface area contributed by atoms with E-state index in [2.05, 4.69) is 21.2 Å². The summed E-state index contributed by atoms with van der Waals surface area (Å²) in [7, 11) is 0. The van der Waals surface area contributed by atoms with Gasteiger partial charge < -0.3 is 9.73 Å². The van der Waals surface area contributed by atoms with Gasteiger partial charge in [-0.2, -0.15) is 0 Å². The van der Waals surface area contributed by atoms with E-state index in [1.807, 2.05) is 19.1 Å². The predicted octanol–water partition coefficient (Wildman–Crippen LogP) is 4.35. The second-order valence-corrected chi connectivity index (χ2v) is 4.42. The average Bonchev–Trinajstić information content (AvgIpc) is 2.76. The van der Waals surface area contributed by atoms with Gasteiger partial charge in [0.2, 0.25) is 0 Å². The van der Waals surface area contributed by atoms with E-state index in [-0.39, 0.29) is 11.9 Å². The van der Waals surface area contributed by atoms with E-state index in [4.69, 9.17) is 4.42 Å². The van der Waals surface area contributed by atoms with Gasteiger partial charge in [0.15, 0.2) is 0 Å². The molecule has 1 unspecified atom stereocenters. The number of hydrogen-bond acceptors (Lipinski definition) is 2. The molecule has 1 heterocycles. The molecule has 1 aromatic heterocycles. The minimum Gasteiger partial charge on any atom is -0.467 e. The van der Waals surface area contributed by atoms with Crippen LogP contribution in [0.25, 0.3) is 0 Å². The molecule has 0 saturated carbocycles. The minimum absolute atomic E-state index is 0.0706. The van der Waals surface area contributed by atoms with Crippen molar-refractivity contribution < 1.29 is 8.81 Å². The fourth-order valence-electron chi connectivity index (χ4n) is 1.45. The van der Waals surface area contributed by atoms with Gasteiger partial charge in [0, 0.05) is 4.47 Å². The first kappa shape index (κ1) is 11.2. The Balaban J connectivity index is 2.17. The molecule has 0 radical (unpaired) electrons. The van der Waals surface area contributed by atoms with Crippen molar-refractivity contribution in [3.05, 3.63) is 52.6 Å². The van der Waals surface area contributed by atoms with Crippen molar-refractivity contribution in [3.8, 4) is 0 Å². The lowest BCUT2D eigenvalue weighted by Crippen LogP contribution is -2.06. The first-order valence-corrected chi connectivity index (χ1v) is 5.71. The zero-order valence-corrected chi connectivity index (χ0v) is 10.3. The monoisotopic (exact) mass is 283 g/mol. The second-order valence-electron chi connectivity index (χ2n) is 3.51. The zero-order chi connectivity index (χ0) is 11.5. The lowest BCUT2D eigenvalue weighted by atomic mass is 10.2. The summed E-state index contributed by atoms with van der Waals surface area (Å²) >= 11 is 3.30. The molecule has 0 aliphatic carbocycles. The third kappa shape index (κ3) is 2.44. The van der Waals surface area contributed by atoms with Crippen LogP contribution < -0.4 is 5.32 Å². The van der Waals surface area contributed by atoms with Gasteiger partial charge in [0.25, 0.3) is 0 Å². The number of anilines is 1. The highest BCUT2D eigenvalue weighted by molar-refractivity contribution is 9.10. The summed E-state index contributed by atoms with van der Waals surface area (Å²) < 4.78 is 19.5. The van der Waals surface area contributed by atoms with Crippen LogP contribution >= 0.6 is 15.9 Å². The van der Waals surface area contributed by atoms with E-state index in [9.17, 15) is 4.39 Å². The maximum atomic E-state index is 13.5. The summed E-state index contributed by atoms with van der Waals surface area (Å²) in [6, 6.07) is 8.38. The van der Waals surface area contributed by atoms with Crippen LogP contribution in [0.4, 0.5) is 10.1 Å². The van der Waals surface area contributed by atoms with Crippen LogP contribution in [0.5, 0.6) is 0 Å². The van der Waals surface area contributed by atoms with Crippen LogP contribution in [0.3, 0.4) is 0 Å². The summed E-state index contributed by atoms with van der Waals surface area (Å²) in [4.78, 5) is 0. The fourth-order valence-corrected chi connectivity index (χ4v) is 1.81. The van der Waals surface area contributed by atoms with E-state index in [1.165, 1.54) is 6.07 Å². The van der Waals surface area contributed by atoms with Gasteiger partial charge in [-0.25, -0.2) is 4.39 Å². The lowest BCUT2D eigenvalue weighted by molar-refractivity contribution is 0.489. The molecule has 0 fully saturated rings. The van der Waals surface area contributed by atoms with E-state index in [0.29, 0.717) is 5.69 Å². The van der Waals surface area contributed by atoms with Gasteiger partial charge in [0.05, 0.1) is 18.0 Å². The molecule has 2 nitrogen and oxygen atoms in total. The molecular weight excluding hydrogens is 273 g/mol. The van der Waals surface area contributed by atoms with Crippen molar-refractivity contribution in [2.75, 3.05) is 5.32 Å². The van der Waals surface area contributed by atoms with Gasteiger partial charge in [-0.05, 0) is 37.3 Å². The molecule has 4 heteroatoms. The molecule has 0 saturated heterocycles. The Hall–Kier alpha value is -1.29. The van der Waals surface area contributed by atoms with Crippen molar-refractivity contribution in [2.24, 2.45) is 0 Å². The smallest absolute Gasteiger partial charge is 0.146 e. The third-order valence-electron chi connectivity index (χ3n) is 2.27. The van der Waals surface area contributed by atoms with Gasteiger partial charge in [-0.3, -0.25) is 0 Å². The van der Waals surface area contributed by atoms with Crippen molar-refractivity contribution >= 4 is 21.6 Å². The predicted molar refractivity (Wildman–Crippen MR) is 64.8 cm³/mol. The maximum absolute atomic E-state index is 13.5. The standard InChI is InChI=1S/C12H11BrFNO/c1-8(12-3-2-6-16-12)15-11-7-9(13)4-5-10(11)14/h2-8,15H,1H3. The van der Waals surface area contributed by atoms with Crippen molar-refractivity contribution in [3.63, 3.8) is 0 Å². The molecule has 0 amide bonds. The highest BCUT2D eigenvalue weighted by atomic mass is 79.9.